The summed E-state index contributed by atoms with van der Waals surface area (Å²) in [4.78, 5) is 0. The van der Waals surface area contributed by atoms with Crippen molar-refractivity contribution in [2.24, 2.45) is 11.8 Å². The fourth-order valence-electron chi connectivity index (χ4n) is 0. The van der Waals surface area contributed by atoms with Crippen LogP contribution >= 0.6 is 0 Å². The summed E-state index contributed by atoms with van der Waals surface area (Å²) < 4.78 is 0. The summed E-state index contributed by atoms with van der Waals surface area (Å²) >= 11 is 0. The normalized spacial score (nSPS) is 7.43. The van der Waals surface area contributed by atoms with Crippen molar-refractivity contribution < 1.29 is 0 Å². The Bertz CT molecular complexity index is 59.4. The monoisotopic (exact) mass is 200 g/mol. The van der Waals surface area contributed by atoms with Crippen molar-refractivity contribution in [3.05, 3.63) is 0 Å². The maximum absolute atomic E-state index is 4.00. The molecule has 88 valence electrons. The highest BCUT2D eigenvalue weighted by atomic mass is 14.0. The first-order valence-electron chi connectivity index (χ1n) is 5.89. The van der Waals surface area contributed by atoms with E-state index < -0.39 is 0 Å². The summed E-state index contributed by atoms with van der Waals surface area (Å²) in [5.41, 5.74) is 0. The van der Waals surface area contributed by atoms with Crippen molar-refractivity contribution in [1.29, 1.82) is 0 Å². The Labute approximate surface area is 93.5 Å². The van der Waals surface area contributed by atoms with Crippen molar-refractivity contribution in [2.75, 3.05) is 0 Å². The molecule has 0 N–H and O–H groups in total. The summed E-state index contributed by atoms with van der Waals surface area (Å²) in [6, 6.07) is 0. The van der Waals surface area contributed by atoms with Crippen molar-refractivity contribution >= 4 is 0 Å². The Balaban J connectivity index is -0.0000000546. The number of rotatable bonds is 2. The van der Waals surface area contributed by atoms with Gasteiger partial charge < -0.3 is 0 Å². The lowest BCUT2D eigenvalue weighted by Crippen LogP contribution is -1.95. The van der Waals surface area contributed by atoms with Gasteiger partial charge in [-0.15, -0.1) is 12.8 Å². The van der Waals surface area contributed by atoms with Crippen molar-refractivity contribution in [3.63, 3.8) is 0 Å². The Hall–Kier alpha value is -0.440. The van der Waals surface area contributed by atoms with Crippen LogP contribution in [0.2, 0.25) is 0 Å². The summed E-state index contributed by atoms with van der Waals surface area (Å²) in [5, 5.41) is 0. The van der Waals surface area contributed by atoms with E-state index in [1.807, 2.05) is 13.8 Å². The molecule has 0 fully saturated rings. The Morgan fingerprint density at radius 3 is 0.857 bits per heavy atom. The van der Waals surface area contributed by atoms with Crippen LogP contribution < -0.4 is 0 Å². The smallest absolute Gasteiger partial charge is 0.0448 e. The van der Waals surface area contributed by atoms with E-state index >= 15 is 0 Å². The van der Waals surface area contributed by atoms with Gasteiger partial charge >= 0.3 is 0 Å². The molecule has 0 spiro atoms. The van der Waals surface area contributed by atoms with Crippen molar-refractivity contribution in [1.82, 2.24) is 0 Å². The van der Waals surface area contributed by atoms with Gasteiger partial charge in [-0.3, -0.25) is 0 Å². The summed E-state index contributed by atoms with van der Waals surface area (Å²) in [6.07, 6.45) is 10.6. The van der Waals surface area contributed by atoms with Gasteiger partial charge in [0.25, 0.3) is 0 Å². The molecule has 0 atom stereocenters. The van der Waals surface area contributed by atoms with Gasteiger partial charge in [-0.1, -0.05) is 68.2 Å². The molecule has 0 radical (unpaired) electrons. The first kappa shape index (κ1) is 23.4. The zero-order valence-corrected chi connectivity index (χ0v) is 11.7. The van der Waals surface area contributed by atoms with Gasteiger partial charge in [-0.2, -0.15) is 0 Å². The average molecular weight is 200 g/mol. The Morgan fingerprint density at radius 2 is 0.857 bits per heavy atom. The zero-order chi connectivity index (χ0) is 12.6. The molecule has 14 heavy (non-hydrogen) atoms. The molecule has 0 bridgehead atoms. The van der Waals surface area contributed by atoms with Crippen LogP contribution in [0.1, 0.15) is 68.2 Å². The van der Waals surface area contributed by atoms with E-state index in [4.69, 9.17) is 0 Å². The van der Waals surface area contributed by atoms with Crippen molar-refractivity contribution in [2.45, 2.75) is 68.2 Å². The molecule has 0 aromatic heterocycles. The standard InChI is InChI=1S/C6H14.C4H10.C2H6.C2H2/c1-5(2)6(3)4;1-3-4-2;2*1-2/h5-6H,1-4H3;3-4H2,1-2H3;1-2H3;1-2H. The van der Waals surface area contributed by atoms with Gasteiger partial charge in [0.2, 0.25) is 0 Å². The van der Waals surface area contributed by atoms with Crippen LogP contribution in [0.4, 0.5) is 0 Å². The molecule has 0 aliphatic heterocycles. The van der Waals surface area contributed by atoms with E-state index in [0.29, 0.717) is 0 Å². The van der Waals surface area contributed by atoms with E-state index in [2.05, 4.69) is 54.4 Å². The minimum atomic E-state index is 0.852. The van der Waals surface area contributed by atoms with Crippen LogP contribution in [0.5, 0.6) is 0 Å². The zero-order valence-electron chi connectivity index (χ0n) is 11.7. The van der Waals surface area contributed by atoms with E-state index in [-0.39, 0.29) is 0 Å². The molecule has 0 aromatic rings. The number of terminal acetylenes is 1. The van der Waals surface area contributed by atoms with Crippen LogP contribution in [0.3, 0.4) is 0 Å². The molecule has 0 saturated heterocycles. The molecular formula is C14H32. The highest BCUT2D eigenvalue weighted by Crippen LogP contribution is 2.05. The van der Waals surface area contributed by atoms with E-state index in [1.54, 1.807) is 0 Å². The van der Waals surface area contributed by atoms with E-state index in [9.17, 15) is 0 Å². The Kier molecular flexibility index (Phi) is 49.1. The minimum absolute atomic E-state index is 0.852. The predicted octanol–water partition coefficient (Wildman–Crippen LogP) is 5.38. The average Bonchev–Trinajstić information content (AvgIpc) is 2.24. The Morgan fingerprint density at radius 1 is 0.714 bits per heavy atom. The predicted molar refractivity (Wildman–Crippen MR) is 71.5 cm³/mol. The molecule has 0 nitrogen and oxygen atoms in total. The number of hydrogen-bond acceptors (Lipinski definition) is 0. The van der Waals surface area contributed by atoms with Crippen LogP contribution in [-0.4, -0.2) is 0 Å². The molecule has 0 rings (SSSR count). The first-order valence-corrected chi connectivity index (χ1v) is 5.89. The molecular weight excluding hydrogens is 168 g/mol. The second kappa shape index (κ2) is 29.4. The summed E-state index contributed by atoms with van der Waals surface area (Å²) in [5.74, 6) is 1.70. The van der Waals surface area contributed by atoms with E-state index in [0.717, 1.165) is 11.8 Å². The van der Waals surface area contributed by atoms with Crippen LogP contribution in [-0.2, 0) is 0 Å². The molecule has 0 aliphatic carbocycles. The third-order valence-corrected chi connectivity index (χ3v) is 1.83. The lowest BCUT2D eigenvalue weighted by molar-refractivity contribution is 0.457. The summed E-state index contributed by atoms with van der Waals surface area (Å²) in [6.45, 7) is 17.3. The molecule has 0 amide bonds. The fraction of sp³-hybridized carbons (Fsp3) is 0.857. The quantitative estimate of drug-likeness (QED) is 0.525. The van der Waals surface area contributed by atoms with Gasteiger partial charge in [0, 0.05) is 0 Å². The van der Waals surface area contributed by atoms with Gasteiger partial charge in [0.05, 0.1) is 0 Å². The second-order valence-electron chi connectivity index (χ2n) is 3.49. The fourth-order valence-corrected chi connectivity index (χ4v) is 0. The minimum Gasteiger partial charge on any atom is -0.124 e. The van der Waals surface area contributed by atoms with Crippen LogP contribution in [0.25, 0.3) is 0 Å². The highest BCUT2D eigenvalue weighted by Gasteiger charge is 1.95. The number of unbranched alkanes of at least 4 members (excludes halogenated alkanes) is 1. The molecule has 0 saturated carbocycles. The molecule has 0 heterocycles. The largest absolute Gasteiger partial charge is 0.124 e. The first-order chi connectivity index (χ1) is 6.56. The second-order valence-corrected chi connectivity index (χ2v) is 3.49. The van der Waals surface area contributed by atoms with E-state index in [1.165, 1.54) is 12.8 Å². The topological polar surface area (TPSA) is 0 Å². The van der Waals surface area contributed by atoms with Crippen LogP contribution in [0.15, 0.2) is 0 Å². The van der Waals surface area contributed by atoms with Crippen LogP contribution in [0, 0.1) is 24.7 Å². The third-order valence-electron chi connectivity index (χ3n) is 1.83. The lowest BCUT2D eigenvalue weighted by Gasteiger charge is -2.05. The SMILES string of the molecule is C#C.CC.CC(C)C(C)C.CCCC. The van der Waals surface area contributed by atoms with Gasteiger partial charge in [0.15, 0.2) is 0 Å². The van der Waals surface area contributed by atoms with Gasteiger partial charge in [-0.05, 0) is 11.8 Å². The lowest BCUT2D eigenvalue weighted by atomic mass is 10.0. The molecule has 0 aromatic carbocycles. The summed E-state index contributed by atoms with van der Waals surface area (Å²) in [7, 11) is 0. The molecule has 0 unspecified atom stereocenters. The molecule has 0 aliphatic rings. The maximum Gasteiger partial charge on any atom is -0.0448 e. The highest BCUT2D eigenvalue weighted by molar-refractivity contribution is 4.47. The third kappa shape index (κ3) is 62.0. The maximum atomic E-state index is 4.00. The number of hydrogen-bond donors (Lipinski definition) is 0. The molecule has 0 heteroatoms. The van der Waals surface area contributed by atoms with Crippen molar-refractivity contribution in [3.8, 4) is 12.8 Å². The van der Waals surface area contributed by atoms with Gasteiger partial charge in [0.1, 0.15) is 0 Å². The van der Waals surface area contributed by atoms with Gasteiger partial charge in [-0.25, -0.2) is 0 Å².